The summed E-state index contributed by atoms with van der Waals surface area (Å²) < 4.78 is 26.0. The van der Waals surface area contributed by atoms with Crippen molar-refractivity contribution in [2.45, 2.75) is 18.2 Å². The van der Waals surface area contributed by atoms with Crippen molar-refractivity contribution < 1.29 is 18.3 Å². The van der Waals surface area contributed by atoms with Crippen LogP contribution in [0, 0.1) is 3.57 Å². The van der Waals surface area contributed by atoms with Crippen LogP contribution in [0.15, 0.2) is 23.1 Å². The molecule has 0 heterocycles. The highest BCUT2D eigenvalue weighted by atomic mass is 127. The Morgan fingerprint density at radius 1 is 1.44 bits per heavy atom. The van der Waals surface area contributed by atoms with Gasteiger partial charge in [-0.15, -0.1) is 0 Å². The summed E-state index contributed by atoms with van der Waals surface area (Å²) in [5.74, 6) is -1.13. The van der Waals surface area contributed by atoms with E-state index in [1.165, 1.54) is 29.6 Å². The number of halogens is 1. The Labute approximate surface area is 120 Å². The van der Waals surface area contributed by atoms with Gasteiger partial charge in [0.25, 0.3) is 0 Å². The number of hydrogen-bond acceptors (Lipinski definition) is 3. The maximum Gasteiger partial charge on any atom is 0.336 e. The molecule has 0 saturated heterocycles. The molecule has 1 N–H and O–H groups in total. The van der Waals surface area contributed by atoms with Gasteiger partial charge in [-0.05, 0) is 47.2 Å². The van der Waals surface area contributed by atoms with Gasteiger partial charge in [0.2, 0.25) is 10.0 Å². The van der Waals surface area contributed by atoms with Gasteiger partial charge in [0.15, 0.2) is 0 Å². The number of carboxylic acids is 1. The van der Waals surface area contributed by atoms with Crippen LogP contribution in [-0.2, 0) is 10.0 Å². The van der Waals surface area contributed by atoms with Crippen molar-refractivity contribution in [1.29, 1.82) is 0 Å². The summed E-state index contributed by atoms with van der Waals surface area (Å²) in [5, 5.41) is 8.98. The Kier molecular flexibility index (Phi) is 5.11. The molecule has 1 aromatic rings. The van der Waals surface area contributed by atoms with Crippen LogP contribution in [0.1, 0.15) is 23.7 Å². The molecule has 18 heavy (non-hydrogen) atoms. The number of benzene rings is 1. The van der Waals surface area contributed by atoms with E-state index in [9.17, 15) is 13.2 Å². The number of nitrogens with zero attached hydrogens (tertiary/aromatic N) is 1. The molecule has 0 aromatic heterocycles. The van der Waals surface area contributed by atoms with E-state index in [0.717, 1.165) is 0 Å². The van der Waals surface area contributed by atoms with Gasteiger partial charge in [-0.3, -0.25) is 0 Å². The van der Waals surface area contributed by atoms with Crippen LogP contribution in [-0.4, -0.2) is 37.4 Å². The van der Waals surface area contributed by atoms with Crippen LogP contribution in [0.5, 0.6) is 0 Å². The summed E-state index contributed by atoms with van der Waals surface area (Å²) in [5.41, 5.74) is 0.00146. The average Bonchev–Trinajstić information content (AvgIpc) is 2.29. The Balaban J connectivity index is 3.26. The van der Waals surface area contributed by atoms with E-state index in [1.54, 1.807) is 0 Å². The van der Waals surface area contributed by atoms with Gasteiger partial charge in [0, 0.05) is 17.2 Å². The minimum Gasteiger partial charge on any atom is -0.478 e. The summed E-state index contributed by atoms with van der Waals surface area (Å²) in [4.78, 5) is 11.0. The van der Waals surface area contributed by atoms with E-state index in [0.29, 0.717) is 16.5 Å². The van der Waals surface area contributed by atoms with Gasteiger partial charge in [-0.1, -0.05) is 6.92 Å². The van der Waals surface area contributed by atoms with Crippen LogP contribution in [0.25, 0.3) is 0 Å². The Hall–Kier alpha value is -0.670. The molecular formula is C11H14INO4S. The summed E-state index contributed by atoms with van der Waals surface area (Å²) in [6, 6.07) is 4.12. The zero-order valence-electron chi connectivity index (χ0n) is 10.1. The quantitative estimate of drug-likeness (QED) is 0.790. The van der Waals surface area contributed by atoms with Gasteiger partial charge in [0.05, 0.1) is 10.5 Å². The second kappa shape index (κ2) is 5.98. The van der Waals surface area contributed by atoms with Crippen molar-refractivity contribution in [3.8, 4) is 0 Å². The average molecular weight is 383 g/mol. The van der Waals surface area contributed by atoms with Crippen molar-refractivity contribution in [1.82, 2.24) is 4.31 Å². The number of sulfonamides is 1. The molecule has 100 valence electrons. The topological polar surface area (TPSA) is 74.7 Å². The van der Waals surface area contributed by atoms with Crippen molar-refractivity contribution in [2.24, 2.45) is 0 Å². The Bertz CT molecular complexity index is 556. The first-order chi connectivity index (χ1) is 8.30. The number of carboxylic acid groups (broad SMARTS) is 1. The van der Waals surface area contributed by atoms with E-state index in [-0.39, 0.29) is 10.5 Å². The van der Waals surface area contributed by atoms with Crippen molar-refractivity contribution in [2.75, 3.05) is 13.6 Å². The first-order valence-corrected chi connectivity index (χ1v) is 7.81. The fraction of sp³-hybridized carbons (Fsp3) is 0.364. The van der Waals surface area contributed by atoms with E-state index in [4.69, 9.17) is 5.11 Å². The number of hydrogen-bond donors (Lipinski definition) is 1. The summed E-state index contributed by atoms with van der Waals surface area (Å²) in [6.45, 7) is 2.28. The molecule has 0 aliphatic heterocycles. The van der Waals surface area contributed by atoms with Crippen molar-refractivity contribution >= 4 is 38.6 Å². The van der Waals surface area contributed by atoms with Gasteiger partial charge in [-0.2, -0.15) is 0 Å². The predicted octanol–water partition coefficient (Wildman–Crippen LogP) is 2.02. The standard InChI is InChI=1S/C11H14INO4S/c1-3-6-13(2)18(16,17)8-4-5-10(12)9(7-8)11(14)15/h4-5,7H,3,6H2,1-2H3,(H,14,15). The van der Waals surface area contributed by atoms with E-state index in [2.05, 4.69) is 0 Å². The summed E-state index contributed by atoms with van der Waals surface area (Å²) in [7, 11) is -2.12. The third kappa shape index (κ3) is 3.21. The third-order valence-corrected chi connectivity index (χ3v) is 5.21. The lowest BCUT2D eigenvalue weighted by molar-refractivity contribution is 0.0695. The van der Waals surface area contributed by atoms with Gasteiger partial charge >= 0.3 is 5.97 Å². The molecule has 0 aliphatic rings. The summed E-state index contributed by atoms with van der Waals surface area (Å²) in [6.07, 6.45) is 0.700. The largest absolute Gasteiger partial charge is 0.478 e. The van der Waals surface area contributed by atoms with Crippen LogP contribution in [0.4, 0.5) is 0 Å². The minimum absolute atomic E-state index is 0.00146. The highest BCUT2D eigenvalue weighted by Gasteiger charge is 2.22. The third-order valence-electron chi connectivity index (χ3n) is 2.41. The first-order valence-electron chi connectivity index (χ1n) is 5.30. The fourth-order valence-corrected chi connectivity index (χ4v) is 3.30. The fourth-order valence-electron chi connectivity index (χ4n) is 1.44. The van der Waals surface area contributed by atoms with Gasteiger partial charge in [0.1, 0.15) is 0 Å². The molecule has 1 rings (SSSR count). The Morgan fingerprint density at radius 2 is 2.06 bits per heavy atom. The molecule has 0 unspecified atom stereocenters. The minimum atomic E-state index is -3.61. The number of rotatable bonds is 5. The van der Waals surface area contributed by atoms with E-state index in [1.807, 2.05) is 29.5 Å². The zero-order chi connectivity index (χ0) is 13.9. The lowest BCUT2D eigenvalue weighted by Gasteiger charge is -2.16. The highest BCUT2D eigenvalue weighted by Crippen LogP contribution is 2.20. The van der Waals surface area contributed by atoms with E-state index >= 15 is 0 Å². The van der Waals surface area contributed by atoms with Crippen LogP contribution in [0.2, 0.25) is 0 Å². The molecule has 0 saturated carbocycles. The number of aromatic carboxylic acids is 1. The van der Waals surface area contributed by atoms with Gasteiger partial charge in [-0.25, -0.2) is 17.5 Å². The molecular weight excluding hydrogens is 369 g/mol. The smallest absolute Gasteiger partial charge is 0.336 e. The van der Waals surface area contributed by atoms with Crippen molar-refractivity contribution in [3.05, 3.63) is 27.3 Å². The molecule has 5 nitrogen and oxygen atoms in total. The SMILES string of the molecule is CCCN(C)S(=O)(=O)c1ccc(I)c(C(=O)O)c1. The maximum absolute atomic E-state index is 12.1. The zero-order valence-corrected chi connectivity index (χ0v) is 13.0. The molecule has 0 fully saturated rings. The van der Waals surface area contributed by atoms with E-state index < -0.39 is 16.0 Å². The molecule has 1 aromatic carbocycles. The molecule has 0 radical (unpaired) electrons. The highest BCUT2D eigenvalue weighted by molar-refractivity contribution is 14.1. The second-order valence-corrected chi connectivity index (χ2v) is 6.98. The van der Waals surface area contributed by atoms with Crippen LogP contribution in [0.3, 0.4) is 0 Å². The molecule has 0 aliphatic carbocycles. The molecule has 0 amide bonds. The molecule has 0 spiro atoms. The normalized spacial score (nSPS) is 11.8. The molecule has 7 heteroatoms. The Morgan fingerprint density at radius 3 is 2.56 bits per heavy atom. The molecule has 0 bridgehead atoms. The monoisotopic (exact) mass is 383 g/mol. The second-order valence-electron chi connectivity index (χ2n) is 3.77. The molecule has 0 atom stereocenters. The number of carbonyl (C=O) groups is 1. The van der Waals surface area contributed by atoms with Crippen LogP contribution < -0.4 is 0 Å². The lowest BCUT2D eigenvalue weighted by Crippen LogP contribution is -2.27. The summed E-state index contributed by atoms with van der Waals surface area (Å²) >= 11 is 1.87. The lowest BCUT2D eigenvalue weighted by atomic mass is 10.2. The van der Waals surface area contributed by atoms with Gasteiger partial charge < -0.3 is 5.11 Å². The predicted molar refractivity (Wildman–Crippen MR) is 76.2 cm³/mol. The van der Waals surface area contributed by atoms with Crippen LogP contribution >= 0.6 is 22.6 Å². The maximum atomic E-state index is 12.1. The van der Waals surface area contributed by atoms with Crippen molar-refractivity contribution in [3.63, 3.8) is 0 Å². The first kappa shape index (κ1) is 15.4.